The largest absolute Gasteiger partial charge is 0.349 e. The molecule has 1 heterocycles. The van der Waals surface area contributed by atoms with Gasteiger partial charge in [-0.3, -0.25) is 19.1 Å². The van der Waals surface area contributed by atoms with Crippen LogP contribution in [0.5, 0.6) is 0 Å². The molecular formula is C19H17Cl2N3O3. The SMILES string of the molecule is C[C@H](NC(=O)CCn1c(=O)[nH]c(=O)c2ccccc21)c1ccc(Cl)cc1Cl. The summed E-state index contributed by atoms with van der Waals surface area (Å²) in [5.41, 5.74) is 0.261. The number of H-pyrrole nitrogens is 1. The van der Waals surface area contributed by atoms with Gasteiger partial charge in [0.05, 0.1) is 16.9 Å². The first-order chi connectivity index (χ1) is 12.9. The van der Waals surface area contributed by atoms with Gasteiger partial charge >= 0.3 is 5.69 Å². The van der Waals surface area contributed by atoms with E-state index in [1.807, 2.05) is 6.92 Å². The van der Waals surface area contributed by atoms with Crippen LogP contribution in [0.4, 0.5) is 0 Å². The fourth-order valence-electron chi connectivity index (χ4n) is 2.92. The summed E-state index contributed by atoms with van der Waals surface area (Å²) in [5, 5.41) is 4.24. The number of para-hydroxylation sites is 1. The first kappa shape index (κ1) is 19.2. The Balaban J connectivity index is 1.74. The van der Waals surface area contributed by atoms with Gasteiger partial charge in [0.15, 0.2) is 0 Å². The van der Waals surface area contributed by atoms with Gasteiger partial charge in [0, 0.05) is 23.0 Å². The number of amides is 1. The molecule has 2 aromatic carbocycles. The fourth-order valence-corrected chi connectivity index (χ4v) is 3.49. The van der Waals surface area contributed by atoms with Crippen LogP contribution >= 0.6 is 23.2 Å². The predicted molar refractivity (Wildman–Crippen MR) is 106 cm³/mol. The van der Waals surface area contributed by atoms with Crippen molar-refractivity contribution in [2.75, 3.05) is 0 Å². The standard InChI is InChI=1S/C19H17Cl2N3O3/c1-11(13-7-6-12(20)10-15(13)21)22-17(25)8-9-24-16-5-3-2-4-14(16)18(26)23-19(24)27/h2-7,10-11H,8-9H2,1H3,(H,22,25)(H,23,26,27)/t11-/m0/s1. The first-order valence-electron chi connectivity index (χ1n) is 8.33. The van der Waals surface area contributed by atoms with Crippen molar-refractivity contribution >= 4 is 40.0 Å². The van der Waals surface area contributed by atoms with Crippen molar-refractivity contribution in [3.8, 4) is 0 Å². The zero-order valence-corrected chi connectivity index (χ0v) is 16.0. The number of carbonyl (C=O) groups is 1. The van der Waals surface area contributed by atoms with E-state index in [9.17, 15) is 14.4 Å². The maximum atomic E-state index is 12.3. The molecule has 0 spiro atoms. The summed E-state index contributed by atoms with van der Waals surface area (Å²) >= 11 is 12.1. The minimum absolute atomic E-state index is 0.0749. The molecule has 0 fully saturated rings. The Kier molecular flexibility index (Phi) is 5.68. The lowest BCUT2D eigenvalue weighted by Gasteiger charge is -2.16. The number of aryl methyl sites for hydroxylation is 1. The number of hydrogen-bond donors (Lipinski definition) is 2. The van der Waals surface area contributed by atoms with Gasteiger partial charge < -0.3 is 5.32 Å². The molecule has 0 aliphatic rings. The highest BCUT2D eigenvalue weighted by Gasteiger charge is 2.14. The molecule has 1 amide bonds. The number of fused-ring (bicyclic) bond motifs is 1. The third-order valence-corrected chi connectivity index (χ3v) is 4.84. The molecule has 0 saturated heterocycles. The zero-order valence-electron chi connectivity index (χ0n) is 14.5. The number of rotatable bonds is 5. The minimum atomic E-state index is -0.541. The smallest absolute Gasteiger partial charge is 0.328 e. The van der Waals surface area contributed by atoms with Crippen LogP contribution in [-0.2, 0) is 11.3 Å². The van der Waals surface area contributed by atoms with E-state index >= 15 is 0 Å². The van der Waals surface area contributed by atoms with Gasteiger partial charge in [-0.05, 0) is 36.8 Å². The number of nitrogens with zero attached hydrogens (tertiary/aromatic N) is 1. The topological polar surface area (TPSA) is 84.0 Å². The van der Waals surface area contributed by atoms with Gasteiger partial charge in [0.1, 0.15) is 0 Å². The number of aromatic nitrogens is 2. The van der Waals surface area contributed by atoms with E-state index in [2.05, 4.69) is 10.3 Å². The molecule has 140 valence electrons. The lowest BCUT2D eigenvalue weighted by molar-refractivity contribution is -0.121. The van der Waals surface area contributed by atoms with Crippen molar-refractivity contribution in [3.05, 3.63) is 78.9 Å². The molecule has 0 aliphatic carbocycles. The van der Waals surface area contributed by atoms with Crippen LogP contribution in [0.1, 0.15) is 24.9 Å². The Morgan fingerprint density at radius 3 is 2.67 bits per heavy atom. The Labute approximate surface area is 164 Å². The molecule has 0 bridgehead atoms. The molecule has 3 rings (SSSR count). The molecule has 0 saturated carbocycles. The van der Waals surface area contributed by atoms with Crippen molar-refractivity contribution in [2.45, 2.75) is 25.9 Å². The van der Waals surface area contributed by atoms with Gasteiger partial charge in [-0.15, -0.1) is 0 Å². The average Bonchev–Trinajstić information content (AvgIpc) is 2.61. The minimum Gasteiger partial charge on any atom is -0.349 e. The highest BCUT2D eigenvalue weighted by atomic mass is 35.5. The predicted octanol–water partition coefficient (Wildman–Crippen LogP) is 3.26. The molecule has 8 heteroatoms. The van der Waals surface area contributed by atoms with Crippen molar-refractivity contribution < 1.29 is 4.79 Å². The maximum Gasteiger partial charge on any atom is 0.328 e. The highest BCUT2D eigenvalue weighted by Crippen LogP contribution is 2.26. The summed E-state index contributed by atoms with van der Waals surface area (Å²) in [6.07, 6.45) is 0.0749. The molecule has 27 heavy (non-hydrogen) atoms. The number of benzene rings is 2. The highest BCUT2D eigenvalue weighted by molar-refractivity contribution is 6.35. The van der Waals surface area contributed by atoms with Crippen molar-refractivity contribution in [1.82, 2.24) is 14.9 Å². The number of aromatic amines is 1. The molecule has 2 N–H and O–H groups in total. The van der Waals surface area contributed by atoms with Gasteiger partial charge in [0.2, 0.25) is 5.91 Å². The maximum absolute atomic E-state index is 12.3. The fraction of sp³-hybridized carbons (Fsp3) is 0.211. The number of halogens is 2. The quantitative estimate of drug-likeness (QED) is 0.682. The Hall–Kier alpha value is -2.57. The second-order valence-corrected chi connectivity index (χ2v) is 6.98. The van der Waals surface area contributed by atoms with Gasteiger partial charge in [-0.1, -0.05) is 41.4 Å². The van der Waals surface area contributed by atoms with Crippen LogP contribution in [0, 0.1) is 0 Å². The third-order valence-electron chi connectivity index (χ3n) is 4.27. The van der Waals surface area contributed by atoms with E-state index in [1.54, 1.807) is 42.5 Å². The normalized spacial score (nSPS) is 12.1. The zero-order chi connectivity index (χ0) is 19.6. The lowest BCUT2D eigenvalue weighted by Crippen LogP contribution is -2.33. The first-order valence-corrected chi connectivity index (χ1v) is 9.08. The number of carbonyl (C=O) groups excluding carboxylic acids is 1. The van der Waals surface area contributed by atoms with Gasteiger partial charge in [-0.25, -0.2) is 4.79 Å². The van der Waals surface area contributed by atoms with Crippen LogP contribution < -0.4 is 16.6 Å². The molecule has 3 aromatic rings. The monoisotopic (exact) mass is 405 g/mol. The van der Waals surface area contributed by atoms with Crippen LogP contribution in [0.15, 0.2) is 52.1 Å². The van der Waals surface area contributed by atoms with E-state index < -0.39 is 11.2 Å². The number of hydrogen-bond acceptors (Lipinski definition) is 3. The van der Waals surface area contributed by atoms with E-state index in [1.165, 1.54) is 4.57 Å². The van der Waals surface area contributed by atoms with E-state index in [4.69, 9.17) is 23.2 Å². The second-order valence-electron chi connectivity index (χ2n) is 6.13. The molecule has 6 nitrogen and oxygen atoms in total. The van der Waals surface area contributed by atoms with Crippen LogP contribution in [0.25, 0.3) is 10.9 Å². The Morgan fingerprint density at radius 1 is 1.19 bits per heavy atom. The van der Waals surface area contributed by atoms with Crippen molar-refractivity contribution in [3.63, 3.8) is 0 Å². The van der Waals surface area contributed by atoms with Crippen molar-refractivity contribution in [1.29, 1.82) is 0 Å². The van der Waals surface area contributed by atoms with Crippen LogP contribution in [0.3, 0.4) is 0 Å². The third kappa shape index (κ3) is 4.23. The molecule has 0 aliphatic heterocycles. The van der Waals surface area contributed by atoms with E-state index in [0.29, 0.717) is 20.9 Å². The van der Waals surface area contributed by atoms with Gasteiger partial charge in [0.25, 0.3) is 5.56 Å². The summed E-state index contributed by atoms with van der Waals surface area (Å²) in [7, 11) is 0. The molecule has 0 unspecified atom stereocenters. The average molecular weight is 406 g/mol. The van der Waals surface area contributed by atoms with Crippen LogP contribution in [-0.4, -0.2) is 15.5 Å². The van der Waals surface area contributed by atoms with Crippen LogP contribution in [0.2, 0.25) is 10.0 Å². The number of nitrogens with one attached hydrogen (secondary N) is 2. The molecular weight excluding hydrogens is 389 g/mol. The summed E-state index contributed by atoms with van der Waals surface area (Å²) < 4.78 is 1.39. The lowest BCUT2D eigenvalue weighted by atomic mass is 10.1. The van der Waals surface area contributed by atoms with E-state index in [0.717, 1.165) is 5.56 Å². The summed E-state index contributed by atoms with van der Waals surface area (Å²) in [5.74, 6) is -0.240. The van der Waals surface area contributed by atoms with Crippen molar-refractivity contribution in [2.24, 2.45) is 0 Å². The Morgan fingerprint density at radius 2 is 1.93 bits per heavy atom. The molecule has 1 atom stereocenters. The summed E-state index contributed by atoms with van der Waals surface area (Å²) in [4.78, 5) is 38.6. The molecule has 0 radical (unpaired) electrons. The second kappa shape index (κ2) is 7.98. The molecule has 1 aromatic heterocycles. The van der Waals surface area contributed by atoms with E-state index in [-0.39, 0.29) is 24.9 Å². The Bertz CT molecular complexity index is 1120. The summed E-state index contributed by atoms with van der Waals surface area (Å²) in [6.45, 7) is 1.96. The van der Waals surface area contributed by atoms with Gasteiger partial charge in [-0.2, -0.15) is 0 Å². The summed E-state index contributed by atoms with van der Waals surface area (Å²) in [6, 6.07) is 11.5.